The topological polar surface area (TPSA) is 91.4 Å². The number of carbonyl (C=O) groups excluding carboxylic acids is 1. The summed E-state index contributed by atoms with van der Waals surface area (Å²) >= 11 is 0. The number of aromatic nitrogens is 1. The van der Waals surface area contributed by atoms with Crippen molar-refractivity contribution < 1.29 is 13.2 Å². The lowest BCUT2D eigenvalue weighted by Crippen LogP contribution is -2.31. The SMILES string of the molecule is CCN(CC)S(=O)(=O)c1cc(NC(=O)CNCc2cccnc2)ccc1C. The van der Waals surface area contributed by atoms with E-state index in [9.17, 15) is 13.2 Å². The summed E-state index contributed by atoms with van der Waals surface area (Å²) in [6.07, 6.45) is 3.42. The molecular weight excluding hydrogens is 364 g/mol. The van der Waals surface area contributed by atoms with Gasteiger partial charge in [0, 0.05) is 37.7 Å². The van der Waals surface area contributed by atoms with Gasteiger partial charge in [-0.25, -0.2) is 8.42 Å². The van der Waals surface area contributed by atoms with Gasteiger partial charge in [0.2, 0.25) is 15.9 Å². The summed E-state index contributed by atoms with van der Waals surface area (Å²) in [5.41, 5.74) is 2.09. The third-order valence-electron chi connectivity index (χ3n) is 4.13. The Morgan fingerprint density at radius 3 is 2.56 bits per heavy atom. The Hall–Kier alpha value is -2.29. The fourth-order valence-corrected chi connectivity index (χ4v) is 4.40. The highest BCUT2D eigenvalue weighted by atomic mass is 32.2. The molecule has 2 N–H and O–H groups in total. The first-order chi connectivity index (χ1) is 12.9. The number of sulfonamides is 1. The number of aryl methyl sites for hydroxylation is 1. The maximum Gasteiger partial charge on any atom is 0.243 e. The molecule has 0 aliphatic heterocycles. The molecule has 8 heteroatoms. The smallest absolute Gasteiger partial charge is 0.243 e. The Bertz CT molecular complexity index is 866. The Labute approximate surface area is 160 Å². The zero-order chi connectivity index (χ0) is 19.9. The van der Waals surface area contributed by atoms with Crippen LogP contribution in [0.1, 0.15) is 25.0 Å². The van der Waals surface area contributed by atoms with Crippen molar-refractivity contribution in [1.82, 2.24) is 14.6 Å². The van der Waals surface area contributed by atoms with Gasteiger partial charge in [-0.3, -0.25) is 9.78 Å². The van der Waals surface area contributed by atoms with Crippen LogP contribution in [0.25, 0.3) is 0 Å². The van der Waals surface area contributed by atoms with E-state index in [2.05, 4.69) is 15.6 Å². The number of hydrogen-bond acceptors (Lipinski definition) is 5. The van der Waals surface area contributed by atoms with Gasteiger partial charge in [0.05, 0.1) is 11.4 Å². The lowest BCUT2D eigenvalue weighted by Gasteiger charge is -2.20. The summed E-state index contributed by atoms with van der Waals surface area (Å²) < 4.78 is 27.0. The largest absolute Gasteiger partial charge is 0.325 e. The van der Waals surface area contributed by atoms with Gasteiger partial charge in [-0.05, 0) is 36.2 Å². The molecule has 0 atom stereocenters. The summed E-state index contributed by atoms with van der Waals surface area (Å²) in [4.78, 5) is 16.4. The van der Waals surface area contributed by atoms with Crippen molar-refractivity contribution in [1.29, 1.82) is 0 Å². The zero-order valence-electron chi connectivity index (χ0n) is 15.9. The Balaban J connectivity index is 2.03. The highest BCUT2D eigenvalue weighted by Gasteiger charge is 2.24. The number of anilines is 1. The predicted octanol–water partition coefficient (Wildman–Crippen LogP) is 2.15. The minimum absolute atomic E-state index is 0.112. The molecule has 0 fully saturated rings. The van der Waals surface area contributed by atoms with Crippen molar-refractivity contribution >= 4 is 21.6 Å². The first-order valence-corrected chi connectivity index (χ1v) is 10.3. The number of rotatable bonds is 9. The number of amides is 1. The normalized spacial score (nSPS) is 11.6. The molecular formula is C19H26N4O3S. The number of benzene rings is 1. The predicted molar refractivity (Wildman–Crippen MR) is 106 cm³/mol. The van der Waals surface area contributed by atoms with Crippen LogP contribution in [0.5, 0.6) is 0 Å². The molecule has 0 unspecified atom stereocenters. The molecule has 1 aromatic heterocycles. The molecule has 0 aliphatic carbocycles. The van der Waals surface area contributed by atoms with Gasteiger partial charge >= 0.3 is 0 Å². The average Bonchev–Trinajstić information content (AvgIpc) is 2.65. The number of carbonyl (C=O) groups is 1. The summed E-state index contributed by atoms with van der Waals surface area (Å²) in [5, 5.41) is 5.78. The average molecular weight is 391 g/mol. The number of nitrogens with one attached hydrogen (secondary N) is 2. The van der Waals surface area contributed by atoms with E-state index in [4.69, 9.17) is 0 Å². The van der Waals surface area contributed by atoms with Gasteiger partial charge in [0.1, 0.15) is 0 Å². The van der Waals surface area contributed by atoms with E-state index in [1.807, 2.05) is 12.1 Å². The van der Waals surface area contributed by atoms with Crippen LogP contribution in [-0.2, 0) is 21.4 Å². The minimum Gasteiger partial charge on any atom is -0.325 e. The summed E-state index contributed by atoms with van der Waals surface area (Å²) in [7, 11) is -3.58. The van der Waals surface area contributed by atoms with E-state index in [0.717, 1.165) is 5.56 Å². The molecule has 2 aromatic rings. The Kier molecular flexibility index (Phi) is 7.46. The lowest BCUT2D eigenvalue weighted by molar-refractivity contribution is -0.115. The molecule has 146 valence electrons. The van der Waals surface area contributed by atoms with Crippen molar-refractivity contribution in [2.45, 2.75) is 32.2 Å². The van der Waals surface area contributed by atoms with E-state index in [1.165, 1.54) is 10.4 Å². The van der Waals surface area contributed by atoms with E-state index >= 15 is 0 Å². The zero-order valence-corrected chi connectivity index (χ0v) is 16.7. The van der Waals surface area contributed by atoms with Crippen molar-refractivity contribution in [3.8, 4) is 0 Å². The van der Waals surface area contributed by atoms with E-state index < -0.39 is 10.0 Å². The summed E-state index contributed by atoms with van der Waals surface area (Å²) in [6.45, 7) is 6.78. The summed E-state index contributed by atoms with van der Waals surface area (Å²) in [5.74, 6) is -0.242. The molecule has 0 aliphatic rings. The van der Waals surface area contributed by atoms with Crippen molar-refractivity contribution in [3.05, 3.63) is 53.9 Å². The van der Waals surface area contributed by atoms with Crippen molar-refractivity contribution in [2.24, 2.45) is 0 Å². The van der Waals surface area contributed by atoms with Crippen molar-refractivity contribution in [3.63, 3.8) is 0 Å². The Morgan fingerprint density at radius 2 is 1.93 bits per heavy atom. The fourth-order valence-electron chi connectivity index (χ4n) is 2.69. The van der Waals surface area contributed by atoms with Crippen LogP contribution in [0.4, 0.5) is 5.69 Å². The second-order valence-electron chi connectivity index (χ2n) is 6.08. The monoisotopic (exact) mass is 390 g/mol. The van der Waals surface area contributed by atoms with Crippen molar-refractivity contribution in [2.75, 3.05) is 25.0 Å². The van der Waals surface area contributed by atoms with E-state index in [0.29, 0.717) is 30.9 Å². The van der Waals surface area contributed by atoms with Crippen LogP contribution in [-0.4, -0.2) is 43.2 Å². The molecule has 0 saturated heterocycles. The van der Waals surface area contributed by atoms with Gasteiger partial charge in [0.15, 0.2) is 0 Å². The van der Waals surface area contributed by atoms with Crippen LogP contribution in [0.15, 0.2) is 47.6 Å². The first-order valence-electron chi connectivity index (χ1n) is 8.88. The summed E-state index contributed by atoms with van der Waals surface area (Å²) in [6, 6.07) is 8.68. The molecule has 2 rings (SSSR count). The third-order valence-corrected chi connectivity index (χ3v) is 6.32. The highest BCUT2D eigenvalue weighted by Crippen LogP contribution is 2.23. The second-order valence-corrected chi connectivity index (χ2v) is 7.99. The quantitative estimate of drug-likeness (QED) is 0.685. The van der Waals surface area contributed by atoms with Gasteiger partial charge in [-0.15, -0.1) is 0 Å². The maximum atomic E-state index is 12.8. The maximum absolute atomic E-state index is 12.8. The van der Waals surface area contributed by atoms with Gasteiger partial charge in [0.25, 0.3) is 0 Å². The molecule has 7 nitrogen and oxygen atoms in total. The third kappa shape index (κ3) is 5.59. The fraction of sp³-hybridized carbons (Fsp3) is 0.368. The number of hydrogen-bond donors (Lipinski definition) is 2. The Morgan fingerprint density at radius 1 is 1.19 bits per heavy atom. The van der Waals surface area contributed by atoms with Gasteiger partial charge in [-0.2, -0.15) is 4.31 Å². The number of pyridine rings is 1. The molecule has 0 spiro atoms. The molecule has 0 saturated carbocycles. The van der Waals surface area contributed by atoms with E-state index in [-0.39, 0.29) is 17.3 Å². The van der Waals surface area contributed by atoms with Gasteiger partial charge in [-0.1, -0.05) is 26.0 Å². The minimum atomic E-state index is -3.58. The second kappa shape index (κ2) is 9.59. The van der Waals surface area contributed by atoms with Crippen LogP contribution in [0, 0.1) is 6.92 Å². The number of nitrogens with zero attached hydrogens (tertiary/aromatic N) is 2. The van der Waals surface area contributed by atoms with Crippen LogP contribution < -0.4 is 10.6 Å². The highest BCUT2D eigenvalue weighted by molar-refractivity contribution is 7.89. The van der Waals surface area contributed by atoms with Crippen LogP contribution in [0.2, 0.25) is 0 Å². The molecule has 1 amide bonds. The molecule has 0 radical (unpaired) electrons. The van der Waals surface area contributed by atoms with Crippen LogP contribution in [0.3, 0.4) is 0 Å². The molecule has 0 bridgehead atoms. The lowest BCUT2D eigenvalue weighted by atomic mass is 10.2. The first kappa shape index (κ1) is 21.0. The van der Waals surface area contributed by atoms with Crippen LogP contribution >= 0.6 is 0 Å². The van der Waals surface area contributed by atoms with Gasteiger partial charge < -0.3 is 10.6 Å². The molecule has 27 heavy (non-hydrogen) atoms. The standard InChI is InChI=1S/C19H26N4O3S/c1-4-23(5-2)27(25,26)18-11-17(9-8-15(18)3)22-19(24)14-21-13-16-7-6-10-20-12-16/h6-12,21H,4-5,13-14H2,1-3H3,(H,22,24). The molecule has 1 heterocycles. The molecule has 1 aromatic carbocycles. The van der Waals surface area contributed by atoms with E-state index in [1.54, 1.807) is 45.3 Å².